The van der Waals surface area contributed by atoms with Crippen LogP contribution in [0.15, 0.2) is 40.9 Å². The van der Waals surface area contributed by atoms with E-state index in [0.717, 1.165) is 6.07 Å². The predicted molar refractivity (Wildman–Crippen MR) is 96.1 cm³/mol. The van der Waals surface area contributed by atoms with Gasteiger partial charge in [0.15, 0.2) is 5.78 Å². The Morgan fingerprint density at radius 2 is 2.08 bits per heavy atom. The molecule has 1 aliphatic rings. The SMILES string of the molecule is NCCCC(=O)[C@]1(c2ccccc2)Oc2cc(F)c(Cl)c(Br)c2[C@@H]1O. The van der Waals surface area contributed by atoms with E-state index in [1.807, 2.05) is 0 Å². The van der Waals surface area contributed by atoms with Crippen LogP contribution in [0.2, 0.25) is 5.02 Å². The molecule has 0 unspecified atom stereocenters. The quantitative estimate of drug-likeness (QED) is 0.709. The van der Waals surface area contributed by atoms with Crippen LogP contribution in [0.3, 0.4) is 0 Å². The van der Waals surface area contributed by atoms with Crippen molar-refractivity contribution in [1.29, 1.82) is 0 Å². The molecular formula is C18H16BrClFNO3. The van der Waals surface area contributed by atoms with Crippen LogP contribution in [-0.2, 0) is 10.4 Å². The van der Waals surface area contributed by atoms with Crippen molar-refractivity contribution < 1.29 is 19.0 Å². The Bertz CT molecular complexity index is 818. The molecule has 0 bridgehead atoms. The molecule has 7 heteroatoms. The number of hydrogen-bond acceptors (Lipinski definition) is 4. The van der Waals surface area contributed by atoms with Gasteiger partial charge >= 0.3 is 0 Å². The van der Waals surface area contributed by atoms with Gasteiger partial charge in [-0.05, 0) is 28.9 Å². The zero-order valence-electron chi connectivity index (χ0n) is 13.1. The van der Waals surface area contributed by atoms with E-state index in [0.29, 0.717) is 18.5 Å². The molecule has 132 valence electrons. The van der Waals surface area contributed by atoms with Crippen molar-refractivity contribution in [2.75, 3.05) is 6.54 Å². The van der Waals surface area contributed by atoms with E-state index in [1.54, 1.807) is 30.3 Å². The molecule has 4 nitrogen and oxygen atoms in total. The second-order valence-corrected chi connectivity index (χ2v) is 6.99. The number of halogens is 3. The van der Waals surface area contributed by atoms with Crippen molar-refractivity contribution in [3.63, 3.8) is 0 Å². The normalized spacial score (nSPS) is 21.7. The smallest absolute Gasteiger partial charge is 0.221 e. The summed E-state index contributed by atoms with van der Waals surface area (Å²) in [5.74, 6) is -0.930. The number of aliphatic hydroxyl groups is 1. The maximum atomic E-state index is 14.0. The van der Waals surface area contributed by atoms with Gasteiger partial charge in [0.2, 0.25) is 5.60 Å². The Labute approximate surface area is 157 Å². The third-order valence-corrected chi connectivity index (χ3v) is 5.74. The van der Waals surface area contributed by atoms with Crippen LogP contribution >= 0.6 is 27.5 Å². The lowest BCUT2D eigenvalue weighted by Gasteiger charge is -2.31. The van der Waals surface area contributed by atoms with Crippen molar-refractivity contribution in [3.05, 3.63) is 62.8 Å². The molecule has 2 aromatic rings. The molecule has 0 saturated heterocycles. The highest BCUT2D eigenvalue weighted by molar-refractivity contribution is 9.10. The molecule has 3 rings (SSSR count). The van der Waals surface area contributed by atoms with Gasteiger partial charge in [0.25, 0.3) is 0 Å². The summed E-state index contributed by atoms with van der Waals surface area (Å²) in [5, 5.41) is 10.9. The lowest BCUT2D eigenvalue weighted by atomic mass is 9.81. The van der Waals surface area contributed by atoms with Crippen LogP contribution in [0.5, 0.6) is 5.75 Å². The second kappa shape index (κ2) is 7.03. The van der Waals surface area contributed by atoms with Crippen LogP contribution in [-0.4, -0.2) is 17.4 Å². The molecule has 0 aromatic heterocycles. The molecular weight excluding hydrogens is 413 g/mol. The van der Waals surface area contributed by atoms with Gasteiger partial charge in [0, 0.05) is 28.1 Å². The van der Waals surface area contributed by atoms with Gasteiger partial charge in [-0.3, -0.25) is 4.79 Å². The van der Waals surface area contributed by atoms with E-state index in [2.05, 4.69) is 15.9 Å². The fourth-order valence-electron chi connectivity index (χ4n) is 3.08. The fraction of sp³-hybridized carbons (Fsp3) is 0.278. The van der Waals surface area contributed by atoms with E-state index in [4.69, 9.17) is 22.1 Å². The Morgan fingerprint density at radius 3 is 2.72 bits per heavy atom. The van der Waals surface area contributed by atoms with Crippen LogP contribution in [0.25, 0.3) is 0 Å². The summed E-state index contributed by atoms with van der Waals surface area (Å²) in [4.78, 5) is 13.0. The van der Waals surface area contributed by atoms with Crippen LogP contribution < -0.4 is 10.5 Å². The van der Waals surface area contributed by atoms with Gasteiger partial charge in [0.1, 0.15) is 17.7 Å². The van der Waals surface area contributed by atoms with Crippen LogP contribution in [0, 0.1) is 5.82 Å². The topological polar surface area (TPSA) is 72.6 Å². The molecule has 0 radical (unpaired) electrons. The number of fused-ring (bicyclic) bond motifs is 1. The lowest BCUT2D eigenvalue weighted by molar-refractivity contribution is -0.143. The van der Waals surface area contributed by atoms with Crippen molar-refractivity contribution >= 4 is 33.3 Å². The minimum atomic E-state index is -1.65. The lowest BCUT2D eigenvalue weighted by Crippen LogP contribution is -2.43. The number of Topliss-reactive ketones (excluding diaryl/α,β-unsaturated/α-hetero) is 1. The summed E-state index contributed by atoms with van der Waals surface area (Å²) >= 11 is 9.14. The van der Waals surface area contributed by atoms with Gasteiger partial charge in [0.05, 0.1) is 5.02 Å². The van der Waals surface area contributed by atoms with Crippen molar-refractivity contribution in [1.82, 2.24) is 0 Å². The Morgan fingerprint density at radius 1 is 1.40 bits per heavy atom. The largest absolute Gasteiger partial charge is 0.471 e. The molecule has 0 fully saturated rings. The summed E-state index contributed by atoms with van der Waals surface area (Å²) in [6.45, 7) is 0.337. The van der Waals surface area contributed by atoms with Crippen molar-refractivity contribution in [2.24, 2.45) is 5.73 Å². The number of benzene rings is 2. The van der Waals surface area contributed by atoms with Gasteiger partial charge in [-0.15, -0.1) is 0 Å². The first-order valence-corrected chi connectivity index (χ1v) is 8.94. The number of hydrogen-bond donors (Lipinski definition) is 2. The summed E-state index contributed by atoms with van der Waals surface area (Å²) in [6.07, 6.45) is -0.747. The molecule has 2 aromatic carbocycles. The Balaban J connectivity index is 2.18. The van der Waals surface area contributed by atoms with E-state index >= 15 is 0 Å². The van der Waals surface area contributed by atoms with E-state index in [-0.39, 0.29) is 33.0 Å². The minimum Gasteiger partial charge on any atom is -0.471 e. The number of carbonyl (C=O) groups excluding carboxylic acids is 1. The van der Waals surface area contributed by atoms with E-state index in [1.165, 1.54) is 0 Å². The number of nitrogens with two attached hydrogens (primary N) is 1. The highest BCUT2D eigenvalue weighted by atomic mass is 79.9. The summed E-state index contributed by atoms with van der Waals surface area (Å²) < 4.78 is 20.1. The molecule has 1 aliphatic heterocycles. The van der Waals surface area contributed by atoms with Crippen molar-refractivity contribution in [2.45, 2.75) is 24.5 Å². The molecule has 0 saturated carbocycles. The van der Waals surface area contributed by atoms with Crippen LogP contribution in [0.4, 0.5) is 4.39 Å². The molecule has 0 spiro atoms. The monoisotopic (exact) mass is 427 g/mol. The Hall–Kier alpha value is -1.47. The summed E-state index contributed by atoms with van der Waals surface area (Å²) in [7, 11) is 0. The fourth-order valence-corrected chi connectivity index (χ4v) is 3.84. The van der Waals surface area contributed by atoms with Gasteiger partial charge in [-0.1, -0.05) is 41.9 Å². The van der Waals surface area contributed by atoms with Crippen LogP contribution in [0.1, 0.15) is 30.1 Å². The van der Waals surface area contributed by atoms with E-state index in [9.17, 15) is 14.3 Å². The van der Waals surface area contributed by atoms with Gasteiger partial charge in [-0.2, -0.15) is 0 Å². The van der Waals surface area contributed by atoms with Crippen molar-refractivity contribution in [3.8, 4) is 5.75 Å². The molecule has 2 atom stereocenters. The summed E-state index contributed by atoms with van der Waals surface area (Å²) in [6, 6.07) is 9.77. The zero-order chi connectivity index (χ0) is 18.2. The minimum absolute atomic E-state index is 0.0891. The second-order valence-electron chi connectivity index (χ2n) is 5.82. The maximum absolute atomic E-state index is 14.0. The predicted octanol–water partition coefficient (Wildman–Crippen LogP) is 3.87. The molecule has 0 amide bonds. The average molecular weight is 429 g/mol. The summed E-state index contributed by atoms with van der Waals surface area (Å²) in [5.41, 5.74) is 4.61. The maximum Gasteiger partial charge on any atom is 0.221 e. The standard InChI is InChI=1S/C18H16BrClFNO3/c19-15-14-12(9-11(21)16(15)20)25-18(17(14)24,13(23)7-4-8-22)10-5-2-1-3-6-10/h1-3,5-6,9,17,24H,4,7-8,22H2/t17-,18-/m0/s1. The number of ether oxygens (including phenoxy) is 1. The first kappa shape index (κ1) is 18.3. The zero-order valence-corrected chi connectivity index (χ0v) is 15.5. The number of aliphatic hydroxyl groups excluding tert-OH is 1. The molecule has 0 aliphatic carbocycles. The number of rotatable bonds is 5. The first-order valence-electron chi connectivity index (χ1n) is 7.76. The average Bonchev–Trinajstić information content (AvgIpc) is 2.91. The number of carbonyl (C=O) groups is 1. The van der Waals surface area contributed by atoms with E-state index < -0.39 is 17.5 Å². The Kier molecular flexibility index (Phi) is 5.16. The third kappa shape index (κ3) is 2.87. The molecule has 1 heterocycles. The van der Waals surface area contributed by atoms with Gasteiger partial charge < -0.3 is 15.6 Å². The highest BCUT2D eigenvalue weighted by Gasteiger charge is 2.55. The molecule has 3 N–H and O–H groups in total. The third-order valence-electron chi connectivity index (χ3n) is 4.32. The van der Waals surface area contributed by atoms with Gasteiger partial charge in [-0.25, -0.2) is 4.39 Å². The molecule has 25 heavy (non-hydrogen) atoms. The highest BCUT2D eigenvalue weighted by Crippen LogP contribution is 2.54. The number of ketones is 1. The first-order chi connectivity index (χ1) is 11.9.